The number of aromatic hydroxyl groups is 1. The fraction of sp³-hybridized carbons (Fsp3) is 0.409. The van der Waals surface area contributed by atoms with Crippen LogP contribution in [-0.4, -0.2) is 57.6 Å². The van der Waals surface area contributed by atoms with Crippen molar-refractivity contribution >= 4 is 28.9 Å². The first-order chi connectivity index (χ1) is 14.9. The van der Waals surface area contributed by atoms with Crippen molar-refractivity contribution < 1.29 is 34.8 Å². The van der Waals surface area contributed by atoms with Gasteiger partial charge in [-0.1, -0.05) is 0 Å². The van der Waals surface area contributed by atoms with Gasteiger partial charge in [-0.3, -0.25) is 14.4 Å². The van der Waals surface area contributed by atoms with Crippen LogP contribution in [0.4, 0.5) is 5.69 Å². The summed E-state index contributed by atoms with van der Waals surface area (Å²) in [4.78, 5) is 39.3. The third kappa shape index (κ3) is 2.69. The topological polar surface area (TPSA) is 187 Å². The van der Waals surface area contributed by atoms with Crippen LogP contribution in [0.1, 0.15) is 29.5 Å². The Bertz CT molecular complexity index is 1150. The van der Waals surface area contributed by atoms with Gasteiger partial charge in [0.05, 0.1) is 5.56 Å². The first-order valence-corrected chi connectivity index (χ1v) is 10.2. The van der Waals surface area contributed by atoms with Gasteiger partial charge < -0.3 is 36.8 Å². The van der Waals surface area contributed by atoms with Gasteiger partial charge in [0.15, 0.2) is 11.4 Å². The number of carbonyl (C=O) groups is 3. The van der Waals surface area contributed by atoms with Crippen LogP contribution >= 0.6 is 0 Å². The number of primary amides is 1. The largest absolute Gasteiger partial charge is 0.508 e. The lowest BCUT2D eigenvalue weighted by atomic mass is 9.59. The Morgan fingerprint density at radius 2 is 1.88 bits per heavy atom. The molecule has 1 aromatic carbocycles. The molecule has 32 heavy (non-hydrogen) atoms. The molecule has 1 saturated carbocycles. The maximum atomic E-state index is 13.5. The van der Waals surface area contributed by atoms with Gasteiger partial charge in [0.25, 0.3) is 5.91 Å². The van der Waals surface area contributed by atoms with Crippen LogP contribution in [-0.2, 0) is 27.3 Å². The standard InChI is InChI=1S/C22H25N3O7/c1-25(2)12-5-9(7-23)17(27)15-11(12)4-8-3-10-6-13(26)16(21(24)31)20(30)22(10,32)19(29)14(8)18(15)28/h5,8,10,27-28,30,32H,3-4,6-7,23H2,1-2H3,(H2,24,31). The van der Waals surface area contributed by atoms with Crippen LogP contribution in [0.3, 0.4) is 0 Å². The molecular weight excluding hydrogens is 418 g/mol. The Kier molecular flexibility index (Phi) is 4.83. The number of carbonyl (C=O) groups excluding carboxylic acids is 3. The molecule has 0 saturated heterocycles. The summed E-state index contributed by atoms with van der Waals surface area (Å²) in [6.07, 6.45) is -0.00459. The van der Waals surface area contributed by atoms with E-state index < -0.39 is 52.0 Å². The minimum atomic E-state index is -2.57. The van der Waals surface area contributed by atoms with E-state index in [9.17, 15) is 34.8 Å². The average molecular weight is 443 g/mol. The van der Waals surface area contributed by atoms with Crippen molar-refractivity contribution in [1.29, 1.82) is 0 Å². The summed E-state index contributed by atoms with van der Waals surface area (Å²) in [5.74, 6) is -6.45. The van der Waals surface area contributed by atoms with Crippen molar-refractivity contribution in [2.24, 2.45) is 23.3 Å². The molecule has 1 aromatic rings. The van der Waals surface area contributed by atoms with E-state index in [1.165, 1.54) is 0 Å². The smallest absolute Gasteiger partial charge is 0.255 e. The maximum absolute atomic E-state index is 13.5. The highest BCUT2D eigenvalue weighted by Crippen LogP contribution is 2.53. The number of phenolic OH excluding ortho intramolecular Hbond substituents is 1. The number of anilines is 1. The van der Waals surface area contributed by atoms with Crippen LogP contribution in [0.2, 0.25) is 0 Å². The van der Waals surface area contributed by atoms with Crippen LogP contribution < -0.4 is 16.4 Å². The second-order valence-electron chi connectivity index (χ2n) is 8.76. The van der Waals surface area contributed by atoms with Crippen LogP contribution in [0.15, 0.2) is 23.0 Å². The van der Waals surface area contributed by atoms with Gasteiger partial charge in [-0.15, -0.1) is 0 Å². The first-order valence-electron chi connectivity index (χ1n) is 10.2. The number of fused-ring (bicyclic) bond motifs is 3. The van der Waals surface area contributed by atoms with E-state index in [0.717, 1.165) is 0 Å². The number of phenols is 1. The molecule has 0 aromatic heterocycles. The second kappa shape index (κ2) is 7.07. The third-order valence-corrected chi connectivity index (χ3v) is 6.82. The molecule has 1 amide bonds. The Hall–Kier alpha value is -3.37. The normalized spacial score (nSPS) is 27.1. The lowest BCUT2D eigenvalue weighted by Gasteiger charge is -2.46. The molecule has 10 heteroatoms. The lowest BCUT2D eigenvalue weighted by Crippen LogP contribution is -2.58. The molecule has 0 spiro atoms. The van der Waals surface area contributed by atoms with Crippen LogP contribution in [0, 0.1) is 11.8 Å². The number of nitrogens with two attached hydrogens (primary N) is 2. The van der Waals surface area contributed by atoms with E-state index in [4.69, 9.17) is 11.5 Å². The monoisotopic (exact) mass is 443 g/mol. The van der Waals surface area contributed by atoms with E-state index >= 15 is 0 Å². The Morgan fingerprint density at radius 1 is 1.22 bits per heavy atom. The lowest BCUT2D eigenvalue weighted by molar-refractivity contribution is -0.147. The molecule has 4 rings (SSSR count). The molecule has 3 atom stereocenters. The minimum Gasteiger partial charge on any atom is -0.508 e. The van der Waals surface area contributed by atoms with Crippen molar-refractivity contribution in [1.82, 2.24) is 0 Å². The summed E-state index contributed by atoms with van der Waals surface area (Å²) in [6, 6.07) is 1.71. The van der Waals surface area contributed by atoms with Crippen LogP contribution in [0.25, 0.3) is 5.76 Å². The van der Waals surface area contributed by atoms with Gasteiger partial charge in [0.2, 0.25) is 5.78 Å². The van der Waals surface area contributed by atoms with Crippen molar-refractivity contribution in [2.45, 2.75) is 31.4 Å². The zero-order valence-corrected chi connectivity index (χ0v) is 17.7. The fourth-order valence-electron chi connectivity index (χ4n) is 5.28. The number of benzene rings is 1. The molecular formula is C22H25N3O7. The summed E-state index contributed by atoms with van der Waals surface area (Å²) in [5, 5.41) is 43.7. The van der Waals surface area contributed by atoms with Gasteiger partial charge in [-0.05, 0) is 30.4 Å². The van der Waals surface area contributed by atoms with Crippen molar-refractivity contribution in [3.63, 3.8) is 0 Å². The van der Waals surface area contributed by atoms with Crippen molar-refractivity contribution in [2.75, 3.05) is 19.0 Å². The van der Waals surface area contributed by atoms with E-state index in [-0.39, 0.29) is 42.7 Å². The summed E-state index contributed by atoms with van der Waals surface area (Å²) in [7, 11) is 3.59. The molecule has 3 aliphatic carbocycles. The highest BCUT2D eigenvalue weighted by atomic mass is 16.3. The van der Waals surface area contributed by atoms with Crippen molar-refractivity contribution in [3.05, 3.63) is 39.7 Å². The number of hydrogen-bond acceptors (Lipinski definition) is 9. The molecule has 3 unspecified atom stereocenters. The predicted molar refractivity (Wildman–Crippen MR) is 114 cm³/mol. The molecule has 0 bridgehead atoms. The van der Waals surface area contributed by atoms with Crippen LogP contribution in [0.5, 0.6) is 5.75 Å². The number of amides is 1. The van der Waals surface area contributed by atoms with Crippen molar-refractivity contribution in [3.8, 4) is 5.75 Å². The molecule has 0 heterocycles. The molecule has 1 fully saturated rings. The molecule has 0 aliphatic heterocycles. The number of nitrogens with zero attached hydrogens (tertiary/aromatic N) is 1. The first kappa shape index (κ1) is 21.8. The number of aliphatic hydroxyl groups excluding tert-OH is 2. The Morgan fingerprint density at radius 3 is 2.44 bits per heavy atom. The van der Waals surface area contributed by atoms with Gasteiger partial charge in [-0.2, -0.15) is 0 Å². The molecule has 170 valence electrons. The molecule has 3 aliphatic rings. The summed E-state index contributed by atoms with van der Waals surface area (Å²) in [6.45, 7) is -0.0143. The highest BCUT2D eigenvalue weighted by molar-refractivity contribution is 6.22. The fourth-order valence-corrected chi connectivity index (χ4v) is 5.28. The zero-order chi connectivity index (χ0) is 23.7. The van der Waals surface area contributed by atoms with Gasteiger partial charge in [-0.25, -0.2) is 0 Å². The SMILES string of the molecule is CN(C)c1cc(CN)c(O)c2c1CC1CC3CC(=O)C(C(N)=O)=C(O)C3(O)C(=O)C1=C2O. The number of aliphatic hydroxyl groups is 3. The summed E-state index contributed by atoms with van der Waals surface area (Å²) < 4.78 is 0. The number of Topliss-reactive ketones (excluding diaryl/α,β-unsaturated/α-hetero) is 2. The number of ketones is 2. The number of hydrogen-bond donors (Lipinski definition) is 6. The van der Waals surface area contributed by atoms with E-state index in [1.54, 1.807) is 25.1 Å². The molecule has 0 radical (unpaired) electrons. The average Bonchev–Trinajstić information content (AvgIpc) is 2.70. The van der Waals surface area contributed by atoms with E-state index in [2.05, 4.69) is 0 Å². The zero-order valence-electron chi connectivity index (χ0n) is 17.7. The quantitative estimate of drug-likeness (QED) is 0.348. The molecule has 10 nitrogen and oxygen atoms in total. The summed E-state index contributed by atoms with van der Waals surface area (Å²) >= 11 is 0. The Labute approximate surface area is 183 Å². The highest BCUT2D eigenvalue weighted by Gasteiger charge is 2.60. The van der Waals surface area contributed by atoms with Gasteiger partial charge in [0, 0.05) is 49.8 Å². The predicted octanol–water partition coefficient (Wildman–Crippen LogP) is -0.0514. The Balaban J connectivity index is 1.97. The summed E-state index contributed by atoms with van der Waals surface area (Å²) in [5.41, 5.74) is 9.09. The van der Waals surface area contributed by atoms with E-state index in [0.29, 0.717) is 16.8 Å². The third-order valence-electron chi connectivity index (χ3n) is 6.82. The minimum absolute atomic E-state index is 0.0143. The van der Waals surface area contributed by atoms with Gasteiger partial charge in [0.1, 0.15) is 22.8 Å². The molecule has 8 N–H and O–H groups in total. The second-order valence-corrected chi connectivity index (χ2v) is 8.76. The maximum Gasteiger partial charge on any atom is 0.255 e. The van der Waals surface area contributed by atoms with Gasteiger partial charge >= 0.3 is 0 Å². The van der Waals surface area contributed by atoms with E-state index in [1.807, 2.05) is 0 Å². The number of rotatable bonds is 3.